The predicted octanol–water partition coefficient (Wildman–Crippen LogP) is 0.464. The Morgan fingerprint density at radius 1 is 1.55 bits per heavy atom. The van der Waals surface area contributed by atoms with Gasteiger partial charge in [-0.05, 0) is 19.9 Å². The van der Waals surface area contributed by atoms with Gasteiger partial charge in [-0.25, -0.2) is 9.97 Å². The Balaban J connectivity index is 2.05. The number of aromatic nitrogens is 2. The molecule has 1 atom stereocenters. The minimum Gasteiger partial charge on any atom is -0.363 e. The van der Waals surface area contributed by atoms with Crippen LogP contribution in [-0.4, -0.2) is 65.1 Å². The van der Waals surface area contributed by atoms with Crippen molar-refractivity contribution in [3.05, 3.63) is 23.8 Å². The van der Waals surface area contributed by atoms with Crippen molar-refractivity contribution in [1.29, 1.82) is 0 Å². The van der Waals surface area contributed by atoms with E-state index in [1.807, 2.05) is 19.9 Å². The second kappa shape index (κ2) is 5.85. The molecule has 1 saturated heterocycles. The molecule has 0 aromatic carbocycles. The second-order valence-corrected chi connectivity index (χ2v) is 5.58. The molecular formula is C14H22N4O2. The monoisotopic (exact) mass is 278 g/mol. The highest BCUT2D eigenvalue weighted by molar-refractivity contribution is 5.84. The molecule has 1 aromatic rings. The number of rotatable bonds is 3. The second-order valence-electron chi connectivity index (χ2n) is 5.58. The molecule has 1 aliphatic rings. The van der Waals surface area contributed by atoms with Crippen molar-refractivity contribution < 1.29 is 9.53 Å². The molecule has 0 bridgehead atoms. The fourth-order valence-electron chi connectivity index (χ4n) is 2.51. The molecule has 0 N–H and O–H groups in total. The van der Waals surface area contributed by atoms with E-state index in [1.165, 1.54) is 0 Å². The van der Waals surface area contributed by atoms with Crippen LogP contribution in [0.4, 0.5) is 0 Å². The molecule has 1 amide bonds. The van der Waals surface area contributed by atoms with Gasteiger partial charge in [-0.1, -0.05) is 0 Å². The average Bonchev–Trinajstić information content (AvgIpc) is 2.37. The zero-order valence-electron chi connectivity index (χ0n) is 12.6. The quantitative estimate of drug-likeness (QED) is 0.804. The average molecular weight is 278 g/mol. The summed E-state index contributed by atoms with van der Waals surface area (Å²) in [6.45, 7) is 6.38. The van der Waals surface area contributed by atoms with E-state index in [1.54, 1.807) is 25.2 Å². The van der Waals surface area contributed by atoms with E-state index in [0.717, 1.165) is 18.1 Å². The topological polar surface area (TPSA) is 58.6 Å². The molecule has 0 radical (unpaired) electrons. The zero-order chi connectivity index (χ0) is 14.8. The van der Waals surface area contributed by atoms with Crippen molar-refractivity contribution in [2.75, 3.05) is 33.8 Å². The van der Waals surface area contributed by atoms with Gasteiger partial charge in [0.25, 0.3) is 5.91 Å². The van der Waals surface area contributed by atoms with Crippen LogP contribution in [0, 0.1) is 6.92 Å². The maximum Gasteiger partial charge on any atom is 0.255 e. The van der Waals surface area contributed by atoms with Gasteiger partial charge >= 0.3 is 0 Å². The molecule has 2 heterocycles. The molecule has 1 aromatic heterocycles. The zero-order valence-corrected chi connectivity index (χ0v) is 12.6. The molecule has 6 nitrogen and oxygen atoms in total. The molecule has 0 spiro atoms. The van der Waals surface area contributed by atoms with Crippen molar-refractivity contribution in [3.8, 4) is 0 Å². The van der Waals surface area contributed by atoms with E-state index in [0.29, 0.717) is 19.7 Å². The highest BCUT2D eigenvalue weighted by Crippen LogP contribution is 2.20. The molecule has 2 rings (SSSR count). The van der Waals surface area contributed by atoms with E-state index in [-0.39, 0.29) is 5.91 Å². The first kappa shape index (κ1) is 14.9. The molecule has 110 valence electrons. The van der Waals surface area contributed by atoms with Gasteiger partial charge in [-0.15, -0.1) is 0 Å². The summed E-state index contributed by atoms with van der Waals surface area (Å²) in [5.41, 5.74) is 0.197. The van der Waals surface area contributed by atoms with Crippen molar-refractivity contribution in [1.82, 2.24) is 19.8 Å². The van der Waals surface area contributed by atoms with Crippen molar-refractivity contribution in [3.63, 3.8) is 0 Å². The van der Waals surface area contributed by atoms with E-state index in [2.05, 4.69) is 14.9 Å². The van der Waals surface area contributed by atoms with E-state index >= 15 is 0 Å². The number of hydrogen-bond donors (Lipinski definition) is 0. The lowest BCUT2D eigenvalue weighted by atomic mass is 10.0. The van der Waals surface area contributed by atoms with Crippen LogP contribution in [0.15, 0.2) is 12.3 Å². The first-order chi connectivity index (χ1) is 9.40. The fourth-order valence-corrected chi connectivity index (χ4v) is 2.51. The molecule has 1 fully saturated rings. The Bertz CT molecular complexity index is 492. The van der Waals surface area contributed by atoms with Crippen LogP contribution in [0.5, 0.6) is 0 Å². The summed E-state index contributed by atoms with van der Waals surface area (Å²) < 4.78 is 5.71. The lowest BCUT2D eigenvalue weighted by Gasteiger charge is -2.40. The highest BCUT2D eigenvalue weighted by Gasteiger charge is 2.40. The first-order valence-electron chi connectivity index (χ1n) is 6.77. The van der Waals surface area contributed by atoms with Crippen LogP contribution in [0.3, 0.4) is 0 Å². The van der Waals surface area contributed by atoms with Gasteiger partial charge in [-0.2, -0.15) is 0 Å². The van der Waals surface area contributed by atoms with Gasteiger partial charge in [0.2, 0.25) is 0 Å². The lowest BCUT2D eigenvalue weighted by molar-refractivity contribution is -0.165. The van der Waals surface area contributed by atoms with Crippen molar-refractivity contribution in [2.24, 2.45) is 0 Å². The number of nitrogens with zero attached hydrogens (tertiary/aromatic N) is 4. The number of hydrogen-bond acceptors (Lipinski definition) is 5. The number of carbonyl (C=O) groups excluding carboxylic acids is 1. The molecule has 0 unspecified atom stereocenters. The Labute approximate surface area is 119 Å². The summed E-state index contributed by atoms with van der Waals surface area (Å²) in [6, 6.07) is 1.91. The number of likely N-dealkylation sites (N-methyl/N-ethyl adjacent to an activating group) is 1. The van der Waals surface area contributed by atoms with Crippen LogP contribution < -0.4 is 0 Å². The molecule has 6 heteroatoms. The number of ether oxygens (including phenoxy) is 1. The van der Waals surface area contributed by atoms with Crippen LogP contribution in [0.2, 0.25) is 0 Å². The van der Waals surface area contributed by atoms with Gasteiger partial charge in [0.15, 0.2) is 5.60 Å². The molecular weight excluding hydrogens is 256 g/mol. The largest absolute Gasteiger partial charge is 0.363 e. The Morgan fingerprint density at radius 3 is 2.95 bits per heavy atom. The third-order valence-corrected chi connectivity index (χ3v) is 3.43. The Morgan fingerprint density at radius 2 is 2.30 bits per heavy atom. The minimum atomic E-state index is -0.774. The standard InChI is InChI=1S/C14H22N4O2/c1-11-15-6-5-12(16-11)9-18-7-8-20-14(2,10-18)13(19)17(3)4/h5-6H,7-10H2,1-4H3/t14-/m1/s1. The normalized spacial score (nSPS) is 23.6. The number of amides is 1. The lowest BCUT2D eigenvalue weighted by Crippen LogP contribution is -2.57. The van der Waals surface area contributed by atoms with Crippen LogP contribution in [0.25, 0.3) is 0 Å². The predicted molar refractivity (Wildman–Crippen MR) is 75.1 cm³/mol. The number of morpholine rings is 1. The Kier molecular flexibility index (Phi) is 4.35. The third-order valence-electron chi connectivity index (χ3n) is 3.43. The van der Waals surface area contributed by atoms with E-state index in [9.17, 15) is 4.79 Å². The van der Waals surface area contributed by atoms with Crippen molar-refractivity contribution in [2.45, 2.75) is 26.0 Å². The van der Waals surface area contributed by atoms with Crippen LogP contribution in [0.1, 0.15) is 18.4 Å². The fraction of sp³-hybridized carbons (Fsp3) is 0.643. The SMILES string of the molecule is Cc1nccc(CN2CCO[C@@](C)(C(=O)N(C)C)C2)n1. The molecule has 0 aliphatic carbocycles. The minimum absolute atomic E-state index is 0.000989. The third kappa shape index (κ3) is 3.32. The van der Waals surface area contributed by atoms with Gasteiger partial charge in [0.05, 0.1) is 12.3 Å². The van der Waals surface area contributed by atoms with E-state index in [4.69, 9.17) is 4.74 Å². The Hall–Kier alpha value is -1.53. The molecule has 1 aliphatic heterocycles. The summed E-state index contributed by atoms with van der Waals surface area (Å²) in [6.07, 6.45) is 1.77. The number of aryl methyl sites for hydroxylation is 1. The summed E-state index contributed by atoms with van der Waals surface area (Å²) >= 11 is 0. The summed E-state index contributed by atoms with van der Waals surface area (Å²) in [5, 5.41) is 0. The molecule has 20 heavy (non-hydrogen) atoms. The number of carbonyl (C=O) groups is 1. The van der Waals surface area contributed by atoms with E-state index < -0.39 is 5.60 Å². The first-order valence-corrected chi connectivity index (χ1v) is 6.77. The summed E-state index contributed by atoms with van der Waals surface area (Å²) in [5.74, 6) is 0.768. The summed E-state index contributed by atoms with van der Waals surface area (Å²) in [4.78, 5) is 24.5. The van der Waals surface area contributed by atoms with Crippen LogP contribution >= 0.6 is 0 Å². The van der Waals surface area contributed by atoms with Gasteiger partial charge < -0.3 is 9.64 Å². The smallest absolute Gasteiger partial charge is 0.255 e. The van der Waals surface area contributed by atoms with Gasteiger partial charge in [0.1, 0.15) is 5.82 Å². The van der Waals surface area contributed by atoms with Crippen LogP contribution in [-0.2, 0) is 16.1 Å². The van der Waals surface area contributed by atoms with Gasteiger partial charge in [-0.3, -0.25) is 9.69 Å². The van der Waals surface area contributed by atoms with Crippen molar-refractivity contribution >= 4 is 5.91 Å². The maximum atomic E-state index is 12.2. The maximum absolute atomic E-state index is 12.2. The van der Waals surface area contributed by atoms with Gasteiger partial charge in [0, 0.05) is 39.9 Å². The highest BCUT2D eigenvalue weighted by atomic mass is 16.5. The summed E-state index contributed by atoms with van der Waals surface area (Å²) in [7, 11) is 3.51. The molecule has 0 saturated carbocycles.